The summed E-state index contributed by atoms with van der Waals surface area (Å²) in [7, 11) is 0. The van der Waals surface area contributed by atoms with Gasteiger partial charge in [0.15, 0.2) is 0 Å². The molecule has 0 atom stereocenters. The van der Waals surface area contributed by atoms with Crippen LogP contribution in [0.2, 0.25) is 0 Å². The van der Waals surface area contributed by atoms with Gasteiger partial charge in [-0.05, 0) is 133 Å². The van der Waals surface area contributed by atoms with Gasteiger partial charge in [0, 0.05) is 38.9 Å². The minimum atomic E-state index is -0.0646. The third-order valence-corrected chi connectivity index (χ3v) is 13.6. The van der Waals surface area contributed by atoms with Crippen molar-refractivity contribution in [2.75, 3.05) is 4.90 Å². The second kappa shape index (κ2) is 15.6. The van der Waals surface area contributed by atoms with E-state index in [0.29, 0.717) is 0 Å². The molecule has 0 bridgehead atoms. The van der Waals surface area contributed by atoms with Gasteiger partial charge in [0.2, 0.25) is 0 Å². The lowest BCUT2D eigenvalue weighted by Gasteiger charge is -2.26. The second-order valence-corrected chi connectivity index (χ2v) is 17.8. The maximum absolute atomic E-state index is 2.45. The summed E-state index contributed by atoms with van der Waals surface area (Å²) in [5.41, 5.74) is 21.9. The van der Waals surface area contributed by atoms with Crippen molar-refractivity contribution in [3.63, 3.8) is 0 Å². The molecule has 10 aromatic carbocycles. The highest BCUT2D eigenvalue weighted by atomic mass is 15.1. The zero-order valence-electron chi connectivity index (χ0n) is 36.5. The fourth-order valence-corrected chi connectivity index (χ4v) is 10.3. The fourth-order valence-electron chi connectivity index (χ4n) is 10.3. The molecule has 1 aromatic heterocycles. The zero-order chi connectivity index (χ0) is 43.5. The van der Waals surface area contributed by atoms with Crippen LogP contribution in [-0.4, -0.2) is 4.57 Å². The zero-order valence-corrected chi connectivity index (χ0v) is 36.5. The van der Waals surface area contributed by atoms with Crippen molar-refractivity contribution in [3.8, 4) is 61.3 Å². The first-order valence-corrected chi connectivity index (χ1v) is 22.6. The SMILES string of the molecule is CC1(C)c2ccccc2-c2ccc(-n3c4ccccc4c4cc(-c5ccc(-c6cccc(N(c7ccc(-c8ccccc8)cc7)c7ccc(-c8ccccc8)cc7)c6)cc5)ccc43)cc21. The third-order valence-electron chi connectivity index (χ3n) is 13.6. The van der Waals surface area contributed by atoms with Crippen LogP contribution in [-0.2, 0) is 5.41 Å². The van der Waals surface area contributed by atoms with E-state index in [9.17, 15) is 0 Å². The molecule has 65 heavy (non-hydrogen) atoms. The molecular formula is C63H46N2. The van der Waals surface area contributed by atoms with E-state index in [1.165, 1.54) is 94.3 Å². The molecular weight excluding hydrogens is 785 g/mol. The van der Waals surface area contributed by atoms with Crippen LogP contribution >= 0.6 is 0 Å². The average molecular weight is 831 g/mol. The van der Waals surface area contributed by atoms with E-state index < -0.39 is 0 Å². The molecule has 0 amide bonds. The van der Waals surface area contributed by atoms with Crippen LogP contribution in [0.1, 0.15) is 25.0 Å². The van der Waals surface area contributed by atoms with E-state index in [2.05, 4.69) is 266 Å². The van der Waals surface area contributed by atoms with Gasteiger partial charge in [0.1, 0.15) is 0 Å². The summed E-state index contributed by atoms with van der Waals surface area (Å²) in [4.78, 5) is 2.36. The Morgan fingerprint density at radius 3 is 1.45 bits per heavy atom. The molecule has 2 nitrogen and oxygen atoms in total. The Balaban J connectivity index is 0.880. The van der Waals surface area contributed by atoms with Crippen LogP contribution < -0.4 is 4.90 Å². The standard InChI is InChI=1S/C63H46N2/c1-63(2)59-22-11-9-20-55(59)56-38-37-54(42-60(56)63)65-61-23-12-10-21-57(61)58-41-50(32-39-62(58)65)48-26-24-47(25-27-48)49-18-13-19-53(40-49)64(51-33-28-45(29-34-51)43-14-5-3-6-15-43)52-35-30-46(31-36-52)44-16-7-4-8-17-44/h3-42H,1-2H3. The number of rotatable bonds is 8. The largest absolute Gasteiger partial charge is 0.310 e. The Labute approximate surface area is 381 Å². The number of aromatic nitrogens is 1. The number of benzene rings is 10. The summed E-state index contributed by atoms with van der Waals surface area (Å²) in [5, 5.41) is 2.52. The molecule has 0 N–H and O–H groups in total. The maximum Gasteiger partial charge on any atom is 0.0541 e. The minimum Gasteiger partial charge on any atom is -0.310 e. The van der Waals surface area contributed by atoms with Gasteiger partial charge >= 0.3 is 0 Å². The van der Waals surface area contributed by atoms with Crippen molar-refractivity contribution in [1.82, 2.24) is 4.57 Å². The van der Waals surface area contributed by atoms with Crippen molar-refractivity contribution in [3.05, 3.63) is 254 Å². The van der Waals surface area contributed by atoms with Crippen molar-refractivity contribution in [2.45, 2.75) is 19.3 Å². The monoisotopic (exact) mass is 830 g/mol. The number of fused-ring (bicyclic) bond motifs is 6. The molecule has 2 heteroatoms. The highest BCUT2D eigenvalue weighted by molar-refractivity contribution is 6.10. The minimum absolute atomic E-state index is 0.0646. The van der Waals surface area contributed by atoms with E-state index in [1.807, 2.05) is 0 Å². The van der Waals surface area contributed by atoms with Crippen molar-refractivity contribution >= 4 is 38.9 Å². The first-order valence-electron chi connectivity index (χ1n) is 22.6. The Morgan fingerprint density at radius 2 is 0.785 bits per heavy atom. The number of anilines is 3. The van der Waals surface area contributed by atoms with E-state index in [4.69, 9.17) is 0 Å². The average Bonchev–Trinajstić information content (AvgIpc) is 3.82. The van der Waals surface area contributed by atoms with Crippen LogP contribution in [0.3, 0.4) is 0 Å². The molecule has 1 aliphatic carbocycles. The van der Waals surface area contributed by atoms with Crippen LogP contribution in [0.4, 0.5) is 17.1 Å². The predicted molar refractivity (Wildman–Crippen MR) is 275 cm³/mol. The number of hydrogen-bond acceptors (Lipinski definition) is 1. The van der Waals surface area contributed by atoms with Crippen LogP contribution in [0.5, 0.6) is 0 Å². The van der Waals surface area contributed by atoms with E-state index >= 15 is 0 Å². The predicted octanol–water partition coefficient (Wildman–Crippen LogP) is 17.2. The Morgan fingerprint density at radius 1 is 0.308 bits per heavy atom. The van der Waals surface area contributed by atoms with E-state index in [-0.39, 0.29) is 5.41 Å². The van der Waals surface area contributed by atoms with Gasteiger partial charge in [0.05, 0.1) is 11.0 Å². The van der Waals surface area contributed by atoms with Crippen molar-refractivity contribution in [2.24, 2.45) is 0 Å². The van der Waals surface area contributed by atoms with Gasteiger partial charge in [-0.25, -0.2) is 0 Å². The van der Waals surface area contributed by atoms with Gasteiger partial charge in [-0.2, -0.15) is 0 Å². The number of para-hydroxylation sites is 1. The van der Waals surface area contributed by atoms with Crippen LogP contribution in [0, 0.1) is 0 Å². The van der Waals surface area contributed by atoms with E-state index in [0.717, 1.165) is 17.1 Å². The Kier molecular flexibility index (Phi) is 9.21. The number of hydrogen-bond donors (Lipinski definition) is 0. The van der Waals surface area contributed by atoms with Gasteiger partial charge in [0.25, 0.3) is 0 Å². The Bertz CT molecular complexity index is 3440. The fraction of sp³-hybridized carbons (Fsp3) is 0.0476. The first kappa shape index (κ1) is 38.5. The first-order chi connectivity index (χ1) is 32.0. The molecule has 0 aliphatic heterocycles. The molecule has 12 rings (SSSR count). The highest BCUT2D eigenvalue weighted by Gasteiger charge is 2.35. The molecule has 0 radical (unpaired) electrons. The van der Waals surface area contributed by atoms with Gasteiger partial charge < -0.3 is 9.47 Å². The molecule has 0 saturated heterocycles. The molecule has 11 aromatic rings. The summed E-state index contributed by atoms with van der Waals surface area (Å²) >= 11 is 0. The molecule has 0 spiro atoms. The lowest BCUT2D eigenvalue weighted by Crippen LogP contribution is -2.15. The topological polar surface area (TPSA) is 8.17 Å². The number of nitrogens with zero attached hydrogens (tertiary/aromatic N) is 2. The summed E-state index contributed by atoms with van der Waals surface area (Å²) in [6.45, 7) is 4.71. The van der Waals surface area contributed by atoms with Gasteiger partial charge in [-0.3, -0.25) is 0 Å². The molecule has 1 heterocycles. The third kappa shape index (κ3) is 6.65. The van der Waals surface area contributed by atoms with E-state index in [1.54, 1.807) is 0 Å². The molecule has 0 unspecified atom stereocenters. The van der Waals surface area contributed by atoms with Crippen molar-refractivity contribution < 1.29 is 0 Å². The lowest BCUT2D eigenvalue weighted by molar-refractivity contribution is 0.660. The molecule has 308 valence electrons. The van der Waals surface area contributed by atoms with Gasteiger partial charge in [-0.1, -0.05) is 190 Å². The van der Waals surface area contributed by atoms with Gasteiger partial charge in [-0.15, -0.1) is 0 Å². The smallest absolute Gasteiger partial charge is 0.0541 e. The summed E-state index contributed by atoms with van der Waals surface area (Å²) < 4.78 is 2.45. The lowest BCUT2D eigenvalue weighted by atomic mass is 9.82. The molecule has 0 saturated carbocycles. The van der Waals surface area contributed by atoms with Crippen LogP contribution in [0.15, 0.2) is 243 Å². The maximum atomic E-state index is 2.45. The molecule has 1 aliphatic rings. The highest BCUT2D eigenvalue weighted by Crippen LogP contribution is 2.49. The molecule has 0 fully saturated rings. The summed E-state index contributed by atoms with van der Waals surface area (Å²) in [6, 6.07) is 88.7. The quantitative estimate of drug-likeness (QED) is 0.148. The Hall–Kier alpha value is -8.20. The summed E-state index contributed by atoms with van der Waals surface area (Å²) in [6.07, 6.45) is 0. The van der Waals surface area contributed by atoms with Crippen LogP contribution in [0.25, 0.3) is 83.1 Å². The van der Waals surface area contributed by atoms with Crippen molar-refractivity contribution in [1.29, 1.82) is 0 Å². The second-order valence-electron chi connectivity index (χ2n) is 17.8. The summed E-state index contributed by atoms with van der Waals surface area (Å²) in [5.74, 6) is 0. The normalized spacial score (nSPS) is 12.6.